The largest absolute Gasteiger partial charge is 0.493 e. The molecule has 0 bridgehead atoms. The lowest BCUT2D eigenvalue weighted by Crippen LogP contribution is -2.38. The SMILES string of the molecule is CCCOc1cc(C)ccc1CN=C(NCC)NCCc1ncc(C)s1. The van der Waals surface area contributed by atoms with Crippen molar-refractivity contribution in [2.75, 3.05) is 19.7 Å². The van der Waals surface area contributed by atoms with Gasteiger partial charge < -0.3 is 15.4 Å². The summed E-state index contributed by atoms with van der Waals surface area (Å²) in [5.41, 5.74) is 2.31. The molecule has 6 heteroatoms. The van der Waals surface area contributed by atoms with Gasteiger partial charge in [-0.15, -0.1) is 11.3 Å². The molecule has 0 amide bonds. The van der Waals surface area contributed by atoms with Crippen LogP contribution in [0.3, 0.4) is 0 Å². The average molecular weight is 375 g/mol. The molecule has 2 aromatic rings. The Kier molecular flexibility index (Phi) is 8.41. The average Bonchev–Trinajstić information content (AvgIpc) is 3.04. The van der Waals surface area contributed by atoms with Crippen molar-refractivity contribution in [3.63, 3.8) is 0 Å². The molecule has 0 aliphatic rings. The first-order valence-corrected chi connectivity index (χ1v) is 10.1. The molecule has 1 aromatic carbocycles. The van der Waals surface area contributed by atoms with E-state index in [1.54, 1.807) is 11.3 Å². The van der Waals surface area contributed by atoms with Crippen molar-refractivity contribution in [2.45, 2.75) is 47.1 Å². The Balaban J connectivity index is 1.97. The number of thiazole rings is 1. The number of hydrogen-bond donors (Lipinski definition) is 2. The van der Waals surface area contributed by atoms with E-state index in [1.807, 2.05) is 6.20 Å². The summed E-state index contributed by atoms with van der Waals surface area (Å²) in [6.45, 7) is 11.3. The van der Waals surface area contributed by atoms with Crippen LogP contribution in [0.25, 0.3) is 0 Å². The second-order valence-electron chi connectivity index (χ2n) is 6.20. The number of hydrogen-bond acceptors (Lipinski definition) is 4. The molecule has 0 atom stereocenters. The van der Waals surface area contributed by atoms with E-state index in [9.17, 15) is 0 Å². The summed E-state index contributed by atoms with van der Waals surface area (Å²) in [7, 11) is 0. The monoisotopic (exact) mass is 374 g/mol. The number of nitrogens with one attached hydrogen (secondary N) is 2. The Labute approximate surface area is 160 Å². The zero-order valence-corrected chi connectivity index (χ0v) is 17.1. The zero-order valence-electron chi connectivity index (χ0n) is 16.3. The molecule has 0 fully saturated rings. The molecule has 1 aromatic heterocycles. The van der Waals surface area contributed by atoms with Crippen molar-refractivity contribution in [1.29, 1.82) is 0 Å². The van der Waals surface area contributed by atoms with Crippen molar-refractivity contribution in [1.82, 2.24) is 15.6 Å². The molecule has 1 heterocycles. The summed E-state index contributed by atoms with van der Waals surface area (Å²) in [6, 6.07) is 6.30. The van der Waals surface area contributed by atoms with E-state index in [-0.39, 0.29) is 0 Å². The molecule has 0 saturated heterocycles. The maximum atomic E-state index is 5.88. The number of benzene rings is 1. The van der Waals surface area contributed by atoms with Crippen LogP contribution in [0.5, 0.6) is 5.75 Å². The molecule has 0 aliphatic heterocycles. The highest BCUT2D eigenvalue weighted by atomic mass is 32.1. The maximum absolute atomic E-state index is 5.88. The van der Waals surface area contributed by atoms with Crippen LogP contribution in [-0.2, 0) is 13.0 Å². The van der Waals surface area contributed by atoms with Gasteiger partial charge in [-0.2, -0.15) is 0 Å². The number of ether oxygens (including phenoxy) is 1. The van der Waals surface area contributed by atoms with Gasteiger partial charge in [-0.3, -0.25) is 0 Å². The van der Waals surface area contributed by atoms with Gasteiger partial charge in [-0.25, -0.2) is 9.98 Å². The van der Waals surface area contributed by atoms with Crippen LogP contribution >= 0.6 is 11.3 Å². The number of aryl methyl sites for hydroxylation is 2. The molecule has 0 unspecified atom stereocenters. The quantitative estimate of drug-likeness (QED) is 0.517. The lowest BCUT2D eigenvalue weighted by atomic mass is 10.1. The van der Waals surface area contributed by atoms with E-state index in [0.717, 1.165) is 54.8 Å². The minimum absolute atomic E-state index is 0.588. The summed E-state index contributed by atoms with van der Waals surface area (Å²) >= 11 is 1.75. The van der Waals surface area contributed by atoms with E-state index in [1.165, 1.54) is 10.4 Å². The van der Waals surface area contributed by atoms with E-state index in [0.29, 0.717) is 6.54 Å². The second-order valence-corrected chi connectivity index (χ2v) is 7.52. The normalized spacial score (nSPS) is 11.5. The molecule has 5 nitrogen and oxygen atoms in total. The first kappa shape index (κ1) is 20.2. The molecule has 2 N–H and O–H groups in total. The predicted octanol–water partition coefficient (Wildman–Crippen LogP) is 3.85. The van der Waals surface area contributed by atoms with Crippen LogP contribution in [0.2, 0.25) is 0 Å². The lowest BCUT2D eigenvalue weighted by molar-refractivity contribution is 0.314. The highest BCUT2D eigenvalue weighted by Crippen LogP contribution is 2.21. The number of guanidine groups is 1. The van der Waals surface area contributed by atoms with Gasteiger partial charge >= 0.3 is 0 Å². The van der Waals surface area contributed by atoms with Gasteiger partial charge in [0.05, 0.1) is 18.2 Å². The third-order valence-electron chi connectivity index (χ3n) is 3.74. The van der Waals surface area contributed by atoms with Crippen molar-refractivity contribution in [3.05, 3.63) is 45.4 Å². The van der Waals surface area contributed by atoms with Crippen LogP contribution in [0.15, 0.2) is 29.4 Å². The van der Waals surface area contributed by atoms with Crippen molar-refractivity contribution in [3.8, 4) is 5.75 Å². The molecule has 0 aliphatic carbocycles. The summed E-state index contributed by atoms with van der Waals surface area (Å²) in [5, 5.41) is 7.84. The van der Waals surface area contributed by atoms with E-state index < -0.39 is 0 Å². The van der Waals surface area contributed by atoms with Gasteiger partial charge in [0.25, 0.3) is 0 Å². The van der Waals surface area contributed by atoms with Gasteiger partial charge in [-0.05, 0) is 38.8 Å². The lowest BCUT2D eigenvalue weighted by Gasteiger charge is -2.13. The van der Waals surface area contributed by atoms with E-state index in [4.69, 9.17) is 9.73 Å². The first-order valence-electron chi connectivity index (χ1n) is 9.28. The molecule has 2 rings (SSSR count). The van der Waals surface area contributed by atoms with Crippen LogP contribution in [0, 0.1) is 13.8 Å². The number of rotatable bonds is 9. The molecule has 26 heavy (non-hydrogen) atoms. The Morgan fingerprint density at radius 2 is 2.08 bits per heavy atom. The van der Waals surface area contributed by atoms with Gasteiger partial charge in [0.2, 0.25) is 0 Å². The Morgan fingerprint density at radius 1 is 1.23 bits per heavy atom. The summed E-state index contributed by atoms with van der Waals surface area (Å²) in [4.78, 5) is 10.4. The molecule has 142 valence electrons. The van der Waals surface area contributed by atoms with Crippen molar-refractivity contribution >= 4 is 17.3 Å². The third-order valence-corrected chi connectivity index (χ3v) is 4.71. The zero-order chi connectivity index (χ0) is 18.8. The fraction of sp³-hybridized carbons (Fsp3) is 0.500. The molecule has 0 spiro atoms. The summed E-state index contributed by atoms with van der Waals surface area (Å²) in [6.07, 6.45) is 3.82. The maximum Gasteiger partial charge on any atom is 0.191 e. The molecule has 0 radical (unpaired) electrons. The Bertz CT molecular complexity index is 712. The number of aromatic nitrogens is 1. The van der Waals surface area contributed by atoms with E-state index >= 15 is 0 Å². The van der Waals surface area contributed by atoms with Crippen LogP contribution in [0.1, 0.15) is 41.3 Å². The van der Waals surface area contributed by atoms with Crippen LogP contribution in [-0.4, -0.2) is 30.6 Å². The predicted molar refractivity (Wildman–Crippen MR) is 110 cm³/mol. The van der Waals surface area contributed by atoms with Crippen LogP contribution < -0.4 is 15.4 Å². The topological polar surface area (TPSA) is 58.5 Å². The van der Waals surface area contributed by atoms with Crippen LogP contribution in [0.4, 0.5) is 0 Å². The van der Waals surface area contributed by atoms with Gasteiger partial charge in [-0.1, -0.05) is 19.1 Å². The smallest absolute Gasteiger partial charge is 0.191 e. The molecular weight excluding hydrogens is 344 g/mol. The molecule has 0 saturated carbocycles. The minimum atomic E-state index is 0.588. The number of aliphatic imine (C=N–C) groups is 1. The summed E-state index contributed by atoms with van der Waals surface area (Å²) in [5.74, 6) is 1.76. The highest BCUT2D eigenvalue weighted by molar-refractivity contribution is 7.11. The molecular formula is C20H30N4OS. The fourth-order valence-electron chi connectivity index (χ4n) is 2.45. The van der Waals surface area contributed by atoms with Crippen molar-refractivity contribution < 1.29 is 4.74 Å². The number of nitrogens with zero attached hydrogens (tertiary/aromatic N) is 2. The highest BCUT2D eigenvalue weighted by Gasteiger charge is 2.05. The second kappa shape index (κ2) is 10.8. The summed E-state index contributed by atoms with van der Waals surface area (Å²) < 4.78 is 5.88. The third kappa shape index (κ3) is 6.67. The van der Waals surface area contributed by atoms with Gasteiger partial charge in [0, 0.05) is 36.1 Å². The van der Waals surface area contributed by atoms with E-state index in [2.05, 4.69) is 61.5 Å². The Hall–Kier alpha value is -2.08. The van der Waals surface area contributed by atoms with Gasteiger partial charge in [0.1, 0.15) is 5.75 Å². The minimum Gasteiger partial charge on any atom is -0.493 e. The van der Waals surface area contributed by atoms with Gasteiger partial charge in [0.15, 0.2) is 5.96 Å². The standard InChI is InChI=1S/C20H30N4OS/c1-5-11-25-18-12-15(3)7-8-17(18)14-24-20(21-6-2)22-10-9-19-23-13-16(4)26-19/h7-8,12-13H,5-6,9-11,14H2,1-4H3,(H2,21,22,24). The van der Waals surface area contributed by atoms with Crippen molar-refractivity contribution in [2.24, 2.45) is 4.99 Å². The first-order chi connectivity index (χ1) is 12.6. The Morgan fingerprint density at radius 3 is 2.77 bits per heavy atom. The fourth-order valence-corrected chi connectivity index (χ4v) is 3.24.